The number of methoxy groups -OCH3 is 2. The Morgan fingerprint density at radius 1 is 1.00 bits per heavy atom. The number of amides is 1. The van der Waals surface area contributed by atoms with E-state index >= 15 is 0 Å². The molecule has 3 heterocycles. The first kappa shape index (κ1) is 48.9. The fourth-order valence-electron chi connectivity index (χ4n) is 10.1. The first-order valence-electron chi connectivity index (χ1n) is 22.3. The average Bonchev–Trinajstić information content (AvgIpc) is 3.21. The van der Waals surface area contributed by atoms with E-state index < -0.39 is 59.8 Å². The quantitative estimate of drug-likeness (QED) is 0.152. The molecule has 3 fully saturated rings. The summed E-state index contributed by atoms with van der Waals surface area (Å²) >= 11 is 0. The van der Waals surface area contributed by atoms with Gasteiger partial charge < -0.3 is 38.6 Å². The van der Waals surface area contributed by atoms with Gasteiger partial charge in [-0.1, -0.05) is 51.5 Å². The van der Waals surface area contributed by atoms with Crippen LogP contribution in [-0.2, 0) is 42.9 Å². The third-order valence-corrected chi connectivity index (χ3v) is 13.5. The zero-order chi connectivity index (χ0) is 43.6. The van der Waals surface area contributed by atoms with Crippen molar-refractivity contribution >= 4 is 23.4 Å². The van der Waals surface area contributed by atoms with Crippen molar-refractivity contribution in [3.63, 3.8) is 0 Å². The highest BCUT2D eigenvalue weighted by atomic mass is 16.7. The molecule has 2 bridgehead atoms. The fraction of sp³-hybridized carbons (Fsp3) is 0.787. The molecule has 2 saturated heterocycles. The summed E-state index contributed by atoms with van der Waals surface area (Å²) in [6, 6.07) is -0.753. The Morgan fingerprint density at radius 2 is 1.69 bits per heavy atom. The topological polar surface area (TPSA) is 141 Å². The molecule has 0 aromatic heterocycles. The normalized spacial score (nSPS) is 38.8. The van der Waals surface area contributed by atoms with Gasteiger partial charge in [-0.05, 0) is 122 Å². The number of carbonyl (C=O) groups excluding carboxylic acids is 4. The first-order chi connectivity index (χ1) is 28.0. The minimum absolute atomic E-state index is 0.0121. The molecule has 0 radical (unpaired) electrons. The number of allylic oxidation sites excluding steroid dienone is 3. The molecule has 1 aliphatic carbocycles. The monoisotopic (exact) mass is 829 g/mol. The van der Waals surface area contributed by atoms with Crippen molar-refractivity contribution in [2.75, 3.05) is 41.5 Å². The molecule has 4 rings (SSSR count). The van der Waals surface area contributed by atoms with E-state index in [1.807, 2.05) is 27.7 Å². The van der Waals surface area contributed by atoms with E-state index in [1.54, 1.807) is 27.2 Å². The molecule has 0 aromatic carbocycles. The second-order valence-electron chi connectivity index (χ2n) is 18.4. The van der Waals surface area contributed by atoms with Crippen molar-refractivity contribution in [1.82, 2.24) is 9.80 Å². The van der Waals surface area contributed by atoms with Crippen LogP contribution in [0.2, 0.25) is 0 Å². The largest absolute Gasteiger partial charge is 0.456 e. The summed E-state index contributed by atoms with van der Waals surface area (Å²) < 4.78 is 30.8. The van der Waals surface area contributed by atoms with Crippen LogP contribution in [-0.4, -0.2) is 128 Å². The SMILES string of the molecule is C=CCOC1CC(C=C(C)C2OC(=O)C3CCCCN3C(=O)C(=O)C3(O)OC(C(OC)CC(C)C/C(C)=C/C(CC)C(=O)CCC2C)C(OC)CC3C)CCC1N(C)C. The zero-order valence-corrected chi connectivity index (χ0v) is 37.8. The molecule has 13 atom stereocenters. The Morgan fingerprint density at radius 3 is 2.34 bits per heavy atom. The van der Waals surface area contributed by atoms with Crippen LogP contribution in [0, 0.1) is 29.6 Å². The maximum atomic E-state index is 14.4. The Hall–Kier alpha value is -2.74. The molecule has 1 amide bonds. The molecule has 59 heavy (non-hydrogen) atoms. The van der Waals surface area contributed by atoms with E-state index in [1.165, 1.54) is 4.90 Å². The van der Waals surface area contributed by atoms with Gasteiger partial charge in [0, 0.05) is 45.1 Å². The molecular weight excluding hydrogens is 753 g/mol. The number of nitrogens with zero attached hydrogens (tertiary/aromatic N) is 2. The van der Waals surface area contributed by atoms with Crippen LogP contribution in [0.25, 0.3) is 0 Å². The fourth-order valence-corrected chi connectivity index (χ4v) is 10.1. The van der Waals surface area contributed by atoms with Gasteiger partial charge in [-0.3, -0.25) is 14.4 Å². The predicted octanol–water partition coefficient (Wildman–Crippen LogP) is 6.63. The minimum atomic E-state index is -2.46. The number of hydrogen-bond acceptors (Lipinski definition) is 11. The lowest BCUT2D eigenvalue weighted by Crippen LogP contribution is -2.64. The second kappa shape index (κ2) is 22.4. The van der Waals surface area contributed by atoms with Crippen LogP contribution in [0.3, 0.4) is 0 Å². The standard InChI is InChI=1S/C47H76N2O10/c1-12-22-57-39-28-34(18-19-36(39)48(8)9)26-32(6)42-31(5)17-20-38(50)35(13-2)24-29(3)23-30(4)25-40(55-10)43-41(56-11)27-33(7)47(54,59-43)44(51)45(52)49-21-15-14-16-37(49)46(53)58-42/h12,24,26,30-31,33-37,39-43,54H,1,13-23,25,27-28H2,2-11H3/b29-24+,32-26?. The lowest BCUT2D eigenvalue weighted by molar-refractivity contribution is -0.302. The number of piperidine rings is 1. The zero-order valence-electron chi connectivity index (χ0n) is 37.8. The van der Waals surface area contributed by atoms with E-state index in [2.05, 4.69) is 44.6 Å². The Bertz CT molecular complexity index is 1510. The van der Waals surface area contributed by atoms with E-state index in [-0.39, 0.29) is 54.6 Å². The van der Waals surface area contributed by atoms with Crippen LogP contribution in [0.15, 0.2) is 36.0 Å². The van der Waals surface area contributed by atoms with E-state index in [0.717, 1.165) is 30.4 Å². The lowest BCUT2D eigenvalue weighted by Gasteiger charge is -2.47. The summed E-state index contributed by atoms with van der Waals surface area (Å²) in [6.45, 7) is 16.3. The molecule has 12 heteroatoms. The number of fused-ring (bicyclic) bond motifs is 3. The van der Waals surface area contributed by atoms with Gasteiger partial charge in [-0.15, -0.1) is 6.58 Å². The number of aliphatic hydroxyl groups is 1. The molecule has 3 aliphatic heterocycles. The first-order valence-corrected chi connectivity index (χ1v) is 22.3. The van der Waals surface area contributed by atoms with Gasteiger partial charge in [0.15, 0.2) is 0 Å². The van der Waals surface area contributed by atoms with E-state index in [4.69, 9.17) is 23.7 Å². The number of ether oxygens (including phenoxy) is 5. The van der Waals surface area contributed by atoms with Crippen molar-refractivity contribution < 1.29 is 48.0 Å². The number of carbonyl (C=O) groups is 4. The Kier molecular flexibility index (Phi) is 18.6. The molecule has 334 valence electrons. The third-order valence-electron chi connectivity index (χ3n) is 13.5. The predicted molar refractivity (Wildman–Crippen MR) is 227 cm³/mol. The molecule has 4 aliphatic rings. The van der Waals surface area contributed by atoms with Crippen LogP contribution in [0.5, 0.6) is 0 Å². The lowest BCUT2D eigenvalue weighted by atomic mass is 9.81. The van der Waals surface area contributed by atoms with E-state index in [9.17, 15) is 24.3 Å². The van der Waals surface area contributed by atoms with Crippen molar-refractivity contribution in [1.29, 1.82) is 0 Å². The highest BCUT2D eigenvalue weighted by Gasteiger charge is 2.56. The Balaban J connectivity index is 1.73. The van der Waals surface area contributed by atoms with Gasteiger partial charge >= 0.3 is 5.97 Å². The van der Waals surface area contributed by atoms with Gasteiger partial charge in [0.1, 0.15) is 24.0 Å². The number of esters is 1. The second-order valence-corrected chi connectivity index (χ2v) is 18.4. The van der Waals surface area contributed by atoms with Gasteiger partial charge in [0.25, 0.3) is 11.7 Å². The number of rotatable bonds is 9. The molecule has 1 N–H and O–H groups in total. The molecule has 1 saturated carbocycles. The van der Waals surface area contributed by atoms with Crippen LogP contribution >= 0.6 is 0 Å². The minimum Gasteiger partial charge on any atom is -0.456 e. The summed E-state index contributed by atoms with van der Waals surface area (Å²) in [5.41, 5.74) is 1.98. The van der Waals surface area contributed by atoms with Crippen molar-refractivity contribution in [2.45, 2.75) is 167 Å². The summed E-state index contributed by atoms with van der Waals surface area (Å²) in [5.74, 6) is -5.96. The molecule has 12 nitrogen and oxygen atoms in total. The van der Waals surface area contributed by atoms with Gasteiger partial charge in [0.2, 0.25) is 5.79 Å². The van der Waals surface area contributed by atoms with Crippen molar-refractivity contribution in [3.8, 4) is 0 Å². The summed E-state index contributed by atoms with van der Waals surface area (Å²) in [6.07, 6.45) is 10.7. The Labute approximate surface area is 354 Å². The number of cyclic esters (lactones) is 1. The molecule has 0 spiro atoms. The number of ketones is 2. The number of Topliss-reactive ketones (excluding diaryl/α,β-unsaturated/α-hetero) is 2. The summed E-state index contributed by atoms with van der Waals surface area (Å²) in [7, 11) is 7.27. The van der Waals surface area contributed by atoms with Crippen LogP contribution < -0.4 is 0 Å². The third kappa shape index (κ3) is 12.2. The smallest absolute Gasteiger partial charge is 0.329 e. The highest BCUT2D eigenvalue weighted by Crippen LogP contribution is 2.39. The maximum Gasteiger partial charge on any atom is 0.329 e. The summed E-state index contributed by atoms with van der Waals surface area (Å²) in [5, 5.41) is 12.1. The number of hydrogen-bond donors (Lipinski definition) is 1. The molecule has 0 aromatic rings. The number of likely N-dealkylation sites (N-methyl/N-ethyl adjacent to an activating group) is 1. The van der Waals surface area contributed by atoms with Crippen molar-refractivity contribution in [2.24, 2.45) is 29.6 Å². The van der Waals surface area contributed by atoms with Gasteiger partial charge in [-0.25, -0.2) is 4.79 Å². The van der Waals surface area contributed by atoms with Crippen LogP contribution in [0.1, 0.15) is 119 Å². The van der Waals surface area contributed by atoms with Crippen molar-refractivity contribution in [3.05, 3.63) is 36.0 Å². The van der Waals surface area contributed by atoms with Gasteiger partial charge in [-0.2, -0.15) is 0 Å². The molecule has 13 unspecified atom stereocenters. The van der Waals surface area contributed by atoms with Gasteiger partial charge in [0.05, 0.1) is 24.9 Å². The highest BCUT2D eigenvalue weighted by molar-refractivity contribution is 6.39. The maximum absolute atomic E-state index is 14.4. The summed E-state index contributed by atoms with van der Waals surface area (Å²) in [4.78, 5) is 60.3. The molecular formula is C47H76N2O10. The average molecular weight is 829 g/mol. The van der Waals surface area contributed by atoms with Crippen LogP contribution in [0.4, 0.5) is 0 Å². The van der Waals surface area contributed by atoms with E-state index in [0.29, 0.717) is 58.0 Å².